The number of thiazole rings is 1. The summed E-state index contributed by atoms with van der Waals surface area (Å²) in [7, 11) is -3.36. The number of hydrogen-bond donors (Lipinski definition) is 1. The van der Waals surface area contributed by atoms with E-state index in [0.29, 0.717) is 24.3 Å². The molecule has 1 N–H and O–H groups in total. The molecule has 0 radical (unpaired) electrons. The van der Waals surface area contributed by atoms with Crippen molar-refractivity contribution in [1.82, 2.24) is 10.3 Å². The summed E-state index contributed by atoms with van der Waals surface area (Å²) in [5.41, 5.74) is 4.88. The van der Waals surface area contributed by atoms with Crippen molar-refractivity contribution in [3.8, 4) is 17.0 Å². The molecule has 0 unspecified atom stereocenters. The van der Waals surface area contributed by atoms with E-state index < -0.39 is 7.60 Å². The predicted molar refractivity (Wildman–Crippen MR) is 118 cm³/mol. The zero-order valence-corrected chi connectivity index (χ0v) is 19.8. The number of fused-ring (bicyclic) bond motifs is 3. The minimum absolute atomic E-state index is 0.0122. The van der Waals surface area contributed by atoms with Crippen LogP contribution in [-0.4, -0.2) is 37.0 Å². The third-order valence-electron chi connectivity index (χ3n) is 4.54. The van der Waals surface area contributed by atoms with Gasteiger partial charge in [-0.15, -0.1) is 11.3 Å². The van der Waals surface area contributed by atoms with Crippen LogP contribution in [0.2, 0.25) is 0 Å². The SMILES string of the molecule is CCOP(=O)(COc1ccc(C(=O)NCC(C)(C)C)c2c1-c1ncsc1C2)OCC. The quantitative estimate of drug-likeness (QED) is 0.455. The van der Waals surface area contributed by atoms with Gasteiger partial charge in [0.2, 0.25) is 0 Å². The molecule has 1 aliphatic carbocycles. The van der Waals surface area contributed by atoms with Gasteiger partial charge in [-0.1, -0.05) is 20.8 Å². The van der Waals surface area contributed by atoms with E-state index in [1.54, 1.807) is 42.8 Å². The minimum atomic E-state index is -3.36. The molecular formula is C21H29N2O5PS. The lowest BCUT2D eigenvalue weighted by atomic mass is 9.96. The number of aromatic nitrogens is 1. The van der Waals surface area contributed by atoms with E-state index in [1.807, 2.05) is 0 Å². The zero-order valence-electron chi connectivity index (χ0n) is 18.1. The molecular weight excluding hydrogens is 423 g/mol. The Morgan fingerprint density at radius 3 is 2.57 bits per heavy atom. The number of benzene rings is 1. The Kier molecular flexibility index (Phi) is 7.02. The fourth-order valence-corrected chi connectivity index (χ4v) is 5.34. The fraction of sp³-hybridized carbons (Fsp3) is 0.524. The molecule has 0 saturated carbocycles. The van der Waals surface area contributed by atoms with Crippen LogP contribution in [0.15, 0.2) is 17.6 Å². The highest BCUT2D eigenvalue weighted by Gasteiger charge is 2.32. The van der Waals surface area contributed by atoms with Gasteiger partial charge in [0.05, 0.1) is 24.4 Å². The average molecular weight is 453 g/mol. The van der Waals surface area contributed by atoms with Crippen molar-refractivity contribution in [3.63, 3.8) is 0 Å². The van der Waals surface area contributed by atoms with Crippen molar-refractivity contribution in [1.29, 1.82) is 0 Å². The van der Waals surface area contributed by atoms with E-state index in [4.69, 9.17) is 13.8 Å². The highest BCUT2D eigenvalue weighted by atomic mass is 32.1. The number of carbonyl (C=O) groups is 1. The molecule has 1 aliphatic rings. The molecule has 164 valence electrons. The molecule has 0 spiro atoms. The summed E-state index contributed by atoms with van der Waals surface area (Å²) in [5, 5.41) is 3.02. The van der Waals surface area contributed by atoms with Crippen LogP contribution in [0, 0.1) is 5.41 Å². The van der Waals surface area contributed by atoms with Crippen LogP contribution < -0.4 is 10.1 Å². The molecule has 7 nitrogen and oxygen atoms in total. The molecule has 30 heavy (non-hydrogen) atoms. The number of carbonyl (C=O) groups excluding carboxylic acids is 1. The molecule has 0 aliphatic heterocycles. The van der Waals surface area contributed by atoms with Crippen LogP contribution >= 0.6 is 18.9 Å². The molecule has 0 atom stereocenters. The maximum absolute atomic E-state index is 12.9. The summed E-state index contributed by atoms with van der Waals surface area (Å²) in [4.78, 5) is 18.4. The van der Waals surface area contributed by atoms with Crippen molar-refractivity contribution in [3.05, 3.63) is 33.6 Å². The van der Waals surface area contributed by atoms with E-state index in [1.165, 1.54) is 0 Å². The number of nitrogens with zero attached hydrogens (tertiary/aromatic N) is 1. The lowest BCUT2D eigenvalue weighted by molar-refractivity contribution is 0.0938. The number of rotatable bonds is 9. The standard InChI is InChI=1S/C21H29N2O5PS/c1-6-27-29(25,28-7-2)13-26-16-9-8-14(20(24)22-11-21(3,4)5)15-10-17-19(18(15)16)23-12-30-17/h8-9,12H,6-7,10-11,13H2,1-5H3,(H,22,24). The summed E-state index contributed by atoms with van der Waals surface area (Å²) < 4.78 is 29.3. The second kappa shape index (κ2) is 9.18. The number of amides is 1. The van der Waals surface area contributed by atoms with Crippen molar-refractivity contribution in [2.24, 2.45) is 5.41 Å². The van der Waals surface area contributed by atoms with Gasteiger partial charge in [-0.2, -0.15) is 0 Å². The van der Waals surface area contributed by atoms with Gasteiger partial charge in [-0.25, -0.2) is 4.98 Å². The second-order valence-electron chi connectivity index (χ2n) is 8.23. The third kappa shape index (κ3) is 5.11. The third-order valence-corrected chi connectivity index (χ3v) is 7.12. The van der Waals surface area contributed by atoms with Crippen LogP contribution in [0.25, 0.3) is 11.3 Å². The first-order chi connectivity index (χ1) is 14.2. The molecule has 2 aromatic rings. The summed E-state index contributed by atoms with van der Waals surface area (Å²) in [6, 6.07) is 3.50. The van der Waals surface area contributed by atoms with E-state index in [9.17, 15) is 9.36 Å². The van der Waals surface area contributed by atoms with Gasteiger partial charge in [0.15, 0.2) is 6.35 Å². The van der Waals surface area contributed by atoms with Gasteiger partial charge in [0.25, 0.3) is 5.91 Å². The van der Waals surface area contributed by atoms with Gasteiger partial charge < -0.3 is 19.1 Å². The molecule has 0 bridgehead atoms. The van der Waals surface area contributed by atoms with Crippen molar-refractivity contribution >= 4 is 24.8 Å². The summed E-state index contributed by atoms with van der Waals surface area (Å²) >= 11 is 1.55. The van der Waals surface area contributed by atoms with E-state index in [-0.39, 0.29) is 30.9 Å². The van der Waals surface area contributed by atoms with Crippen molar-refractivity contribution in [2.45, 2.75) is 41.0 Å². The molecule has 1 aromatic heterocycles. The van der Waals surface area contributed by atoms with Gasteiger partial charge in [-0.05, 0) is 37.0 Å². The normalized spacial score (nSPS) is 13.1. The first-order valence-corrected chi connectivity index (χ1v) is 12.7. The molecule has 1 aromatic carbocycles. The van der Waals surface area contributed by atoms with Gasteiger partial charge in [-0.3, -0.25) is 9.36 Å². The lowest BCUT2D eigenvalue weighted by Crippen LogP contribution is -2.32. The average Bonchev–Trinajstić information content (AvgIpc) is 3.25. The van der Waals surface area contributed by atoms with Crippen molar-refractivity contribution < 1.29 is 23.1 Å². The van der Waals surface area contributed by atoms with E-state index in [0.717, 1.165) is 21.7 Å². The fourth-order valence-electron chi connectivity index (χ4n) is 3.26. The van der Waals surface area contributed by atoms with Crippen LogP contribution in [-0.2, 0) is 20.0 Å². The maximum Gasteiger partial charge on any atom is 0.367 e. The Morgan fingerprint density at radius 1 is 1.23 bits per heavy atom. The minimum Gasteiger partial charge on any atom is -0.480 e. The predicted octanol–water partition coefficient (Wildman–Crippen LogP) is 5.09. The largest absolute Gasteiger partial charge is 0.480 e. The van der Waals surface area contributed by atoms with Crippen LogP contribution in [0.5, 0.6) is 5.75 Å². The maximum atomic E-state index is 12.9. The van der Waals surface area contributed by atoms with E-state index in [2.05, 4.69) is 31.1 Å². The van der Waals surface area contributed by atoms with Gasteiger partial charge in [0.1, 0.15) is 5.75 Å². The first-order valence-electron chi connectivity index (χ1n) is 10.0. The molecule has 0 fully saturated rings. The van der Waals surface area contributed by atoms with E-state index >= 15 is 0 Å². The Labute approximate surface area is 181 Å². The molecule has 1 amide bonds. The molecule has 1 heterocycles. The summed E-state index contributed by atoms with van der Waals surface area (Å²) in [6.07, 6.45) is 0.426. The van der Waals surface area contributed by atoms with Crippen LogP contribution in [0.4, 0.5) is 0 Å². The van der Waals surface area contributed by atoms with Gasteiger partial charge in [0, 0.05) is 29.0 Å². The highest BCUT2D eigenvalue weighted by molar-refractivity contribution is 7.53. The smallest absolute Gasteiger partial charge is 0.367 e. The Balaban J connectivity index is 1.90. The Bertz CT molecular complexity index is 957. The van der Waals surface area contributed by atoms with Crippen LogP contribution in [0.3, 0.4) is 0 Å². The lowest BCUT2D eigenvalue weighted by Gasteiger charge is -2.21. The highest BCUT2D eigenvalue weighted by Crippen LogP contribution is 2.50. The molecule has 0 saturated heterocycles. The zero-order chi connectivity index (χ0) is 21.9. The monoisotopic (exact) mass is 452 g/mol. The summed E-state index contributed by atoms with van der Waals surface area (Å²) in [5.74, 6) is 0.416. The van der Waals surface area contributed by atoms with Gasteiger partial charge >= 0.3 is 7.60 Å². The Morgan fingerprint density at radius 2 is 1.93 bits per heavy atom. The summed E-state index contributed by atoms with van der Waals surface area (Å²) in [6.45, 7) is 10.8. The number of nitrogens with one attached hydrogen (secondary N) is 1. The number of hydrogen-bond acceptors (Lipinski definition) is 7. The number of ether oxygens (including phenoxy) is 1. The van der Waals surface area contributed by atoms with Crippen molar-refractivity contribution in [2.75, 3.05) is 26.1 Å². The van der Waals surface area contributed by atoms with Crippen LogP contribution in [0.1, 0.15) is 55.4 Å². The first kappa shape index (κ1) is 22.9. The molecule has 3 rings (SSSR count). The molecule has 9 heteroatoms. The Hall–Kier alpha value is -1.73. The second-order valence-corrected chi connectivity index (χ2v) is 11.2. The topological polar surface area (TPSA) is 86.8 Å².